The maximum absolute atomic E-state index is 11.5. The molecule has 1 unspecified atom stereocenters. The lowest BCUT2D eigenvalue weighted by atomic mass is 9.87. The lowest BCUT2D eigenvalue weighted by molar-refractivity contribution is 0.0524. The predicted octanol–water partition coefficient (Wildman–Crippen LogP) is 1.52. The monoisotopic (exact) mass is 282 g/mol. The molecule has 0 radical (unpaired) electrons. The average Bonchev–Trinajstić information content (AvgIpc) is 2.92. The van der Waals surface area contributed by atoms with Crippen LogP contribution in [0, 0.1) is 17.8 Å². The fourth-order valence-corrected chi connectivity index (χ4v) is 4.09. The molecule has 3 fully saturated rings. The molecular weight excluding hydrogens is 256 g/mol. The summed E-state index contributed by atoms with van der Waals surface area (Å²) in [6.07, 6.45) is 2.72. The van der Waals surface area contributed by atoms with Crippen molar-refractivity contribution in [2.45, 2.75) is 51.4 Å². The lowest BCUT2D eigenvalue weighted by Gasteiger charge is -2.27. The van der Waals surface area contributed by atoms with Crippen molar-refractivity contribution < 1.29 is 14.3 Å². The topological polar surface area (TPSA) is 59.6 Å². The Kier molecular flexibility index (Phi) is 3.67. The molecule has 114 valence electrons. The fraction of sp³-hybridized carbons (Fsp3) is 0.933. The van der Waals surface area contributed by atoms with Crippen molar-refractivity contribution in [3.8, 4) is 0 Å². The van der Waals surface area contributed by atoms with Gasteiger partial charge in [-0.25, -0.2) is 4.79 Å². The average molecular weight is 282 g/mol. The number of rotatable bonds is 4. The van der Waals surface area contributed by atoms with E-state index in [2.05, 4.69) is 10.6 Å². The number of carbonyl (C=O) groups is 1. The first-order chi connectivity index (χ1) is 9.44. The molecule has 5 nitrogen and oxygen atoms in total. The molecular formula is C15H26N2O3. The van der Waals surface area contributed by atoms with Crippen LogP contribution in [0.5, 0.6) is 0 Å². The Balaban J connectivity index is 1.36. The van der Waals surface area contributed by atoms with E-state index in [-0.39, 0.29) is 6.09 Å². The maximum Gasteiger partial charge on any atom is 0.407 e. The van der Waals surface area contributed by atoms with Gasteiger partial charge in [0.15, 0.2) is 0 Å². The van der Waals surface area contributed by atoms with Gasteiger partial charge in [0.2, 0.25) is 0 Å². The van der Waals surface area contributed by atoms with Crippen LogP contribution < -0.4 is 10.6 Å². The molecule has 20 heavy (non-hydrogen) atoms. The van der Waals surface area contributed by atoms with Crippen molar-refractivity contribution in [1.82, 2.24) is 10.6 Å². The van der Waals surface area contributed by atoms with Gasteiger partial charge in [0.25, 0.3) is 0 Å². The summed E-state index contributed by atoms with van der Waals surface area (Å²) in [6, 6.07) is 0.485. The Morgan fingerprint density at radius 1 is 1.25 bits per heavy atom. The van der Waals surface area contributed by atoms with Gasteiger partial charge >= 0.3 is 6.09 Å². The van der Waals surface area contributed by atoms with Gasteiger partial charge in [0.05, 0.1) is 12.7 Å². The van der Waals surface area contributed by atoms with Gasteiger partial charge in [0, 0.05) is 19.1 Å². The summed E-state index contributed by atoms with van der Waals surface area (Å²) in [5, 5.41) is 6.35. The first-order valence-electron chi connectivity index (χ1n) is 7.76. The number of carbonyl (C=O) groups excluding carboxylic acids is 1. The van der Waals surface area contributed by atoms with Gasteiger partial charge in [-0.3, -0.25) is 0 Å². The van der Waals surface area contributed by atoms with Crippen molar-refractivity contribution in [3.05, 3.63) is 0 Å². The van der Waals surface area contributed by atoms with Gasteiger partial charge in [-0.05, 0) is 51.4 Å². The molecule has 2 bridgehead atoms. The summed E-state index contributed by atoms with van der Waals surface area (Å²) in [6.45, 7) is 7.94. The second kappa shape index (κ2) is 5.19. The normalized spacial score (nSPS) is 38.2. The predicted molar refractivity (Wildman–Crippen MR) is 75.5 cm³/mol. The number of alkyl carbamates (subject to hydrolysis) is 1. The van der Waals surface area contributed by atoms with E-state index >= 15 is 0 Å². The maximum atomic E-state index is 11.5. The van der Waals surface area contributed by atoms with E-state index in [4.69, 9.17) is 9.47 Å². The molecule has 2 N–H and O–H groups in total. The van der Waals surface area contributed by atoms with Crippen LogP contribution in [0.3, 0.4) is 0 Å². The van der Waals surface area contributed by atoms with Crippen LogP contribution in [-0.4, -0.2) is 43.5 Å². The zero-order valence-corrected chi connectivity index (χ0v) is 12.6. The van der Waals surface area contributed by atoms with Crippen molar-refractivity contribution >= 4 is 6.09 Å². The smallest absolute Gasteiger partial charge is 0.407 e. The van der Waals surface area contributed by atoms with Gasteiger partial charge < -0.3 is 20.1 Å². The van der Waals surface area contributed by atoms with E-state index < -0.39 is 5.60 Å². The molecule has 1 amide bonds. The Hall–Kier alpha value is -0.810. The number of ether oxygens (including phenoxy) is 2. The highest BCUT2D eigenvalue weighted by Crippen LogP contribution is 2.53. The third kappa shape index (κ3) is 2.79. The second-order valence-electron chi connectivity index (χ2n) is 7.36. The molecule has 1 aliphatic heterocycles. The first-order valence-corrected chi connectivity index (χ1v) is 7.76. The van der Waals surface area contributed by atoms with Crippen LogP contribution >= 0.6 is 0 Å². The third-order valence-electron chi connectivity index (χ3n) is 4.75. The van der Waals surface area contributed by atoms with Crippen molar-refractivity contribution in [2.24, 2.45) is 17.8 Å². The zero-order valence-electron chi connectivity index (χ0n) is 12.6. The lowest BCUT2D eigenvalue weighted by Crippen LogP contribution is -2.46. The summed E-state index contributed by atoms with van der Waals surface area (Å²) in [4.78, 5) is 11.5. The van der Waals surface area contributed by atoms with E-state index in [9.17, 15) is 4.79 Å². The van der Waals surface area contributed by atoms with Crippen LogP contribution in [0.25, 0.3) is 0 Å². The third-order valence-corrected chi connectivity index (χ3v) is 4.75. The number of nitrogens with one attached hydrogen (secondary N) is 2. The van der Waals surface area contributed by atoms with Crippen molar-refractivity contribution in [3.63, 3.8) is 0 Å². The molecule has 3 aliphatic rings. The highest BCUT2D eigenvalue weighted by molar-refractivity contribution is 5.67. The van der Waals surface area contributed by atoms with Crippen LogP contribution in [0.1, 0.15) is 33.6 Å². The molecule has 3 rings (SSSR count). The van der Waals surface area contributed by atoms with Crippen molar-refractivity contribution in [1.29, 1.82) is 0 Å². The van der Waals surface area contributed by atoms with Crippen LogP contribution in [0.4, 0.5) is 4.79 Å². The molecule has 1 saturated heterocycles. The quantitative estimate of drug-likeness (QED) is 0.768. The van der Waals surface area contributed by atoms with Crippen LogP contribution in [-0.2, 0) is 9.47 Å². The highest BCUT2D eigenvalue weighted by atomic mass is 16.6. The van der Waals surface area contributed by atoms with Gasteiger partial charge in [-0.15, -0.1) is 0 Å². The molecule has 0 aromatic rings. The summed E-state index contributed by atoms with van der Waals surface area (Å²) < 4.78 is 11.1. The number of hydrogen-bond acceptors (Lipinski definition) is 4. The Morgan fingerprint density at radius 3 is 2.80 bits per heavy atom. The summed E-state index contributed by atoms with van der Waals surface area (Å²) in [7, 11) is 0. The number of hydrogen-bond donors (Lipinski definition) is 2. The standard InChI is InChI=1S/C15H26N2O3/c1-15(2,3)20-14(18)17-5-4-16-12-9-6-10-8-19-13(12)11(10)7-9/h9-13,16H,4-8H2,1-3H3,(H,17,18)/t9-,10-,11+,12?,13+/m1/s1. The molecule has 5 atom stereocenters. The Morgan fingerprint density at radius 2 is 2.05 bits per heavy atom. The Bertz CT molecular complexity index is 378. The first kappa shape index (κ1) is 14.1. The SMILES string of the molecule is CC(C)(C)OC(=O)NCCNC1[C@@H]2C[C@@H]3CO[C@H]1[C@H]3C2. The van der Waals surface area contributed by atoms with Gasteiger partial charge in [-0.1, -0.05) is 0 Å². The summed E-state index contributed by atoms with van der Waals surface area (Å²) in [5.41, 5.74) is -0.436. The number of amides is 1. The second-order valence-corrected chi connectivity index (χ2v) is 7.36. The van der Waals surface area contributed by atoms with Gasteiger partial charge in [-0.2, -0.15) is 0 Å². The summed E-state index contributed by atoms with van der Waals surface area (Å²) in [5.74, 6) is 2.39. The van der Waals surface area contributed by atoms with Gasteiger partial charge in [0.1, 0.15) is 5.60 Å². The molecule has 5 heteroatoms. The van der Waals surface area contributed by atoms with E-state index in [0.29, 0.717) is 18.7 Å². The minimum absolute atomic E-state index is 0.343. The molecule has 0 aromatic carbocycles. The summed E-state index contributed by atoms with van der Waals surface area (Å²) >= 11 is 0. The van der Waals surface area contributed by atoms with Crippen LogP contribution in [0.15, 0.2) is 0 Å². The molecule has 2 aliphatic carbocycles. The molecule has 2 saturated carbocycles. The molecule has 0 spiro atoms. The minimum Gasteiger partial charge on any atom is -0.444 e. The Labute approximate surface area is 120 Å². The highest BCUT2D eigenvalue weighted by Gasteiger charge is 2.56. The minimum atomic E-state index is -0.436. The zero-order chi connectivity index (χ0) is 14.3. The number of fused-ring (bicyclic) bond motifs is 1. The van der Waals surface area contributed by atoms with Crippen LogP contribution in [0.2, 0.25) is 0 Å². The van der Waals surface area contributed by atoms with E-state index in [1.807, 2.05) is 20.8 Å². The van der Waals surface area contributed by atoms with Crippen molar-refractivity contribution in [2.75, 3.05) is 19.7 Å². The molecule has 0 aromatic heterocycles. The molecule has 1 heterocycles. The largest absolute Gasteiger partial charge is 0.444 e. The van der Waals surface area contributed by atoms with E-state index in [1.54, 1.807) is 0 Å². The van der Waals surface area contributed by atoms with E-state index in [1.165, 1.54) is 12.8 Å². The fourth-order valence-electron chi connectivity index (χ4n) is 4.09. The van der Waals surface area contributed by atoms with E-state index in [0.717, 1.165) is 30.9 Å².